The largest absolute Gasteiger partial charge is 0.453 e. The van der Waals surface area contributed by atoms with Gasteiger partial charge in [0.1, 0.15) is 12.4 Å². The monoisotopic (exact) mass is 296 g/mol. The van der Waals surface area contributed by atoms with Gasteiger partial charge in [0, 0.05) is 33.7 Å². The number of rotatable bonds is 5. The molecule has 7 heteroatoms. The van der Waals surface area contributed by atoms with E-state index in [1.807, 2.05) is 0 Å². The normalized spacial score (nSPS) is 18.6. The zero-order chi connectivity index (χ0) is 15.2. The predicted octanol–water partition coefficient (Wildman–Crippen LogP) is 0.403. The maximum atomic E-state index is 11.9. The Labute approximate surface area is 123 Å². The molecule has 1 aromatic heterocycles. The first-order valence-electron chi connectivity index (χ1n) is 6.83. The van der Waals surface area contributed by atoms with Crippen LogP contribution in [0.3, 0.4) is 0 Å². The molecule has 21 heavy (non-hydrogen) atoms. The first kappa shape index (κ1) is 15.5. The highest BCUT2D eigenvalue weighted by atomic mass is 16.5. The first-order chi connectivity index (χ1) is 10.1. The molecule has 1 saturated heterocycles. The molecule has 0 radical (unpaired) electrons. The summed E-state index contributed by atoms with van der Waals surface area (Å²) < 4.78 is 15.8. The smallest absolute Gasteiger partial charge is 0.287 e. The summed E-state index contributed by atoms with van der Waals surface area (Å²) in [7, 11) is 1.56. The van der Waals surface area contributed by atoms with Gasteiger partial charge in [0.15, 0.2) is 5.76 Å². The van der Waals surface area contributed by atoms with Crippen molar-refractivity contribution >= 4 is 11.8 Å². The molecule has 0 spiro atoms. The minimum Gasteiger partial charge on any atom is -0.453 e. The molecule has 0 aliphatic carbocycles. The van der Waals surface area contributed by atoms with Gasteiger partial charge in [0.25, 0.3) is 5.91 Å². The zero-order valence-corrected chi connectivity index (χ0v) is 12.3. The van der Waals surface area contributed by atoms with Crippen LogP contribution in [0.25, 0.3) is 0 Å². The van der Waals surface area contributed by atoms with Crippen LogP contribution in [0.2, 0.25) is 0 Å². The Morgan fingerprint density at radius 2 is 2.29 bits per heavy atom. The van der Waals surface area contributed by atoms with Crippen molar-refractivity contribution in [3.05, 3.63) is 23.7 Å². The van der Waals surface area contributed by atoms with Crippen molar-refractivity contribution in [3.8, 4) is 0 Å². The average molecular weight is 296 g/mol. The van der Waals surface area contributed by atoms with Gasteiger partial charge in [-0.3, -0.25) is 9.59 Å². The van der Waals surface area contributed by atoms with E-state index in [9.17, 15) is 9.59 Å². The molecule has 1 atom stereocenters. The summed E-state index contributed by atoms with van der Waals surface area (Å²) in [6.45, 7) is 3.76. The molecule has 1 aromatic rings. The van der Waals surface area contributed by atoms with Gasteiger partial charge in [-0.05, 0) is 12.1 Å². The zero-order valence-electron chi connectivity index (χ0n) is 12.3. The second kappa shape index (κ2) is 7.24. The lowest BCUT2D eigenvalue weighted by molar-refractivity contribution is -0.136. The number of ether oxygens (including phenoxy) is 2. The first-order valence-corrected chi connectivity index (χ1v) is 6.83. The van der Waals surface area contributed by atoms with Gasteiger partial charge in [0.2, 0.25) is 5.91 Å². The molecule has 1 aliphatic rings. The highest BCUT2D eigenvalue weighted by Gasteiger charge is 2.23. The fraction of sp³-hybridized carbons (Fsp3) is 0.571. The number of methoxy groups -OCH3 is 1. The average Bonchev–Trinajstić information content (AvgIpc) is 2.94. The summed E-state index contributed by atoms with van der Waals surface area (Å²) >= 11 is 0. The molecule has 0 saturated carbocycles. The second-order valence-corrected chi connectivity index (χ2v) is 4.87. The van der Waals surface area contributed by atoms with Crippen molar-refractivity contribution in [3.63, 3.8) is 0 Å². The third-order valence-corrected chi connectivity index (χ3v) is 3.25. The highest BCUT2D eigenvalue weighted by molar-refractivity contribution is 5.91. The van der Waals surface area contributed by atoms with E-state index in [0.29, 0.717) is 38.6 Å². The summed E-state index contributed by atoms with van der Waals surface area (Å²) in [6, 6.07) is 3.31. The van der Waals surface area contributed by atoms with Crippen molar-refractivity contribution in [1.82, 2.24) is 10.2 Å². The Balaban J connectivity index is 1.81. The molecule has 2 amide bonds. The third-order valence-electron chi connectivity index (χ3n) is 3.25. The maximum Gasteiger partial charge on any atom is 0.287 e. The molecule has 1 N–H and O–H groups in total. The van der Waals surface area contributed by atoms with Crippen LogP contribution >= 0.6 is 0 Å². The minimum atomic E-state index is -0.305. The Hall–Kier alpha value is -1.86. The molecule has 2 rings (SSSR count). The summed E-state index contributed by atoms with van der Waals surface area (Å²) in [6.07, 6.45) is -0.194. The van der Waals surface area contributed by atoms with Gasteiger partial charge in [-0.2, -0.15) is 0 Å². The Morgan fingerprint density at radius 3 is 3.00 bits per heavy atom. The van der Waals surface area contributed by atoms with Gasteiger partial charge < -0.3 is 24.1 Å². The van der Waals surface area contributed by atoms with E-state index in [4.69, 9.17) is 13.9 Å². The van der Waals surface area contributed by atoms with Gasteiger partial charge in [-0.15, -0.1) is 0 Å². The van der Waals surface area contributed by atoms with Crippen molar-refractivity contribution < 1.29 is 23.5 Å². The van der Waals surface area contributed by atoms with E-state index in [0.717, 1.165) is 0 Å². The number of hydrogen-bond donors (Lipinski definition) is 1. The van der Waals surface area contributed by atoms with Crippen molar-refractivity contribution in [2.24, 2.45) is 0 Å². The number of morpholine rings is 1. The molecule has 0 aromatic carbocycles. The van der Waals surface area contributed by atoms with Crippen LogP contribution in [0.5, 0.6) is 0 Å². The van der Waals surface area contributed by atoms with Crippen molar-refractivity contribution in [2.45, 2.75) is 19.6 Å². The molecule has 7 nitrogen and oxygen atoms in total. The maximum absolute atomic E-state index is 11.9. The van der Waals surface area contributed by atoms with Gasteiger partial charge >= 0.3 is 0 Å². The highest BCUT2D eigenvalue weighted by Crippen LogP contribution is 2.09. The number of hydrogen-bond acceptors (Lipinski definition) is 5. The van der Waals surface area contributed by atoms with E-state index in [1.54, 1.807) is 24.1 Å². The van der Waals surface area contributed by atoms with Crippen LogP contribution in [0.1, 0.15) is 23.2 Å². The fourth-order valence-electron chi connectivity index (χ4n) is 2.14. The Morgan fingerprint density at radius 1 is 1.48 bits per heavy atom. The van der Waals surface area contributed by atoms with Crippen molar-refractivity contribution in [2.75, 3.05) is 33.4 Å². The molecule has 0 bridgehead atoms. The lowest BCUT2D eigenvalue weighted by Crippen LogP contribution is -2.49. The second-order valence-electron chi connectivity index (χ2n) is 4.87. The minimum absolute atomic E-state index is 0.0184. The molecule has 1 fully saturated rings. The number of amides is 2. The van der Waals surface area contributed by atoms with Crippen LogP contribution in [0, 0.1) is 0 Å². The van der Waals surface area contributed by atoms with E-state index in [2.05, 4.69) is 5.32 Å². The lowest BCUT2D eigenvalue weighted by atomic mass is 10.2. The number of nitrogens with one attached hydrogen (secondary N) is 1. The summed E-state index contributed by atoms with van der Waals surface area (Å²) in [5, 5.41) is 2.75. The van der Waals surface area contributed by atoms with Crippen LogP contribution in [0.4, 0.5) is 0 Å². The van der Waals surface area contributed by atoms with E-state index in [-0.39, 0.29) is 23.7 Å². The Kier molecular flexibility index (Phi) is 5.35. The fourth-order valence-corrected chi connectivity index (χ4v) is 2.14. The van der Waals surface area contributed by atoms with Crippen LogP contribution in [0.15, 0.2) is 16.5 Å². The summed E-state index contributed by atoms with van der Waals surface area (Å²) in [5.41, 5.74) is 0. The molecule has 1 aliphatic heterocycles. The third kappa shape index (κ3) is 4.30. The molecule has 0 unspecified atom stereocenters. The molecular weight excluding hydrogens is 276 g/mol. The van der Waals surface area contributed by atoms with E-state index < -0.39 is 0 Å². The lowest BCUT2D eigenvalue weighted by Gasteiger charge is -2.32. The van der Waals surface area contributed by atoms with Gasteiger partial charge in [-0.25, -0.2) is 0 Å². The number of furan rings is 1. The van der Waals surface area contributed by atoms with Crippen molar-refractivity contribution in [1.29, 1.82) is 0 Å². The number of carbonyl (C=O) groups is 2. The molecule has 2 heterocycles. The van der Waals surface area contributed by atoms with Gasteiger partial charge in [0.05, 0.1) is 12.7 Å². The number of nitrogens with zero attached hydrogens (tertiary/aromatic N) is 1. The number of carbonyl (C=O) groups excluding carboxylic acids is 2. The molecular formula is C14H20N2O5. The standard InChI is InChI=1S/C14H20N2O5/c1-10(17)16-5-6-20-12(8-16)7-15-14(18)13-4-3-11(21-13)9-19-2/h3-4,12H,5-9H2,1-2H3,(H,15,18)/t12-/m0/s1. The quantitative estimate of drug-likeness (QED) is 0.851. The van der Waals surface area contributed by atoms with Gasteiger partial charge in [-0.1, -0.05) is 0 Å². The van der Waals surface area contributed by atoms with E-state index in [1.165, 1.54) is 6.92 Å². The van der Waals surface area contributed by atoms with Crippen LogP contribution in [-0.4, -0.2) is 56.2 Å². The van der Waals surface area contributed by atoms with Crippen LogP contribution < -0.4 is 5.32 Å². The predicted molar refractivity (Wildman–Crippen MR) is 73.7 cm³/mol. The SMILES string of the molecule is COCc1ccc(C(=O)NC[C@H]2CN(C(C)=O)CCO2)o1. The summed E-state index contributed by atoms with van der Waals surface area (Å²) in [5.74, 6) is 0.548. The molecule has 116 valence electrons. The Bertz CT molecular complexity index is 499. The summed E-state index contributed by atoms with van der Waals surface area (Å²) in [4.78, 5) is 25.0. The van der Waals surface area contributed by atoms with Crippen LogP contribution in [-0.2, 0) is 20.9 Å². The van der Waals surface area contributed by atoms with E-state index >= 15 is 0 Å². The topological polar surface area (TPSA) is 81.0 Å².